The van der Waals surface area contributed by atoms with Crippen LogP contribution in [0.5, 0.6) is 0 Å². The van der Waals surface area contributed by atoms with E-state index in [4.69, 9.17) is 0 Å². The summed E-state index contributed by atoms with van der Waals surface area (Å²) in [5.74, 6) is -0.0568. The molecular weight excluding hydrogens is 274 g/mol. The SMILES string of the molecule is CCc1ccc(C(=O)NCC(c2ccc(C)cc2)N(C)C)[nH]1. The molecule has 4 heteroatoms. The molecule has 0 aliphatic carbocycles. The smallest absolute Gasteiger partial charge is 0.267 e. The van der Waals surface area contributed by atoms with Crippen molar-refractivity contribution in [3.05, 3.63) is 58.9 Å². The van der Waals surface area contributed by atoms with Gasteiger partial charge in [-0.1, -0.05) is 36.8 Å². The number of aromatic nitrogens is 1. The van der Waals surface area contributed by atoms with Gasteiger partial charge < -0.3 is 15.2 Å². The van der Waals surface area contributed by atoms with E-state index in [2.05, 4.69) is 53.3 Å². The molecule has 1 aromatic carbocycles. The van der Waals surface area contributed by atoms with E-state index >= 15 is 0 Å². The molecule has 1 aromatic heterocycles. The van der Waals surface area contributed by atoms with Gasteiger partial charge in [0.2, 0.25) is 0 Å². The molecule has 1 atom stereocenters. The first-order chi connectivity index (χ1) is 10.5. The largest absolute Gasteiger partial charge is 0.354 e. The van der Waals surface area contributed by atoms with Gasteiger partial charge in [0.1, 0.15) is 5.69 Å². The molecule has 0 aliphatic heterocycles. The van der Waals surface area contributed by atoms with Gasteiger partial charge in [0, 0.05) is 12.2 Å². The number of hydrogen-bond donors (Lipinski definition) is 2. The molecule has 118 valence electrons. The van der Waals surface area contributed by atoms with Crippen LogP contribution in [-0.2, 0) is 6.42 Å². The Morgan fingerprint density at radius 2 is 1.86 bits per heavy atom. The third-order valence-electron chi connectivity index (χ3n) is 3.91. The van der Waals surface area contributed by atoms with Gasteiger partial charge in [-0.2, -0.15) is 0 Å². The van der Waals surface area contributed by atoms with E-state index in [1.807, 2.05) is 26.2 Å². The summed E-state index contributed by atoms with van der Waals surface area (Å²) in [6, 6.07) is 12.4. The van der Waals surface area contributed by atoms with Crippen LogP contribution >= 0.6 is 0 Å². The van der Waals surface area contributed by atoms with Crippen LogP contribution in [0, 0.1) is 6.92 Å². The maximum absolute atomic E-state index is 12.2. The monoisotopic (exact) mass is 299 g/mol. The first-order valence-electron chi connectivity index (χ1n) is 7.70. The molecule has 4 nitrogen and oxygen atoms in total. The standard InChI is InChI=1S/C18H25N3O/c1-5-15-10-11-16(20-15)18(22)19-12-17(21(3)4)14-8-6-13(2)7-9-14/h6-11,17,20H,5,12H2,1-4H3,(H,19,22). The van der Waals surface area contributed by atoms with Crippen molar-refractivity contribution in [2.24, 2.45) is 0 Å². The Hall–Kier alpha value is -2.07. The molecule has 1 unspecified atom stereocenters. The van der Waals surface area contributed by atoms with Gasteiger partial charge in [0.05, 0.1) is 6.04 Å². The van der Waals surface area contributed by atoms with Crippen molar-refractivity contribution >= 4 is 5.91 Å². The number of likely N-dealkylation sites (N-methyl/N-ethyl adjacent to an activating group) is 1. The van der Waals surface area contributed by atoms with Gasteiger partial charge >= 0.3 is 0 Å². The lowest BCUT2D eigenvalue weighted by atomic mass is 10.0. The summed E-state index contributed by atoms with van der Waals surface area (Å²) in [5, 5.41) is 3.02. The molecule has 0 saturated heterocycles. The number of nitrogens with one attached hydrogen (secondary N) is 2. The third-order valence-corrected chi connectivity index (χ3v) is 3.91. The number of benzene rings is 1. The van der Waals surface area contributed by atoms with Gasteiger partial charge in [0.25, 0.3) is 5.91 Å². The van der Waals surface area contributed by atoms with E-state index in [9.17, 15) is 4.79 Å². The zero-order valence-electron chi connectivity index (χ0n) is 13.8. The van der Waals surface area contributed by atoms with Crippen molar-refractivity contribution < 1.29 is 4.79 Å². The van der Waals surface area contributed by atoms with Crippen LogP contribution in [0.25, 0.3) is 0 Å². The van der Waals surface area contributed by atoms with E-state index in [1.165, 1.54) is 11.1 Å². The number of H-pyrrole nitrogens is 1. The molecule has 0 radical (unpaired) electrons. The Balaban J connectivity index is 2.02. The highest BCUT2D eigenvalue weighted by Crippen LogP contribution is 2.18. The maximum atomic E-state index is 12.2. The number of aryl methyl sites for hydroxylation is 2. The van der Waals surface area contributed by atoms with Crippen molar-refractivity contribution in [3.8, 4) is 0 Å². The molecule has 1 heterocycles. The fourth-order valence-electron chi connectivity index (χ4n) is 2.45. The molecule has 22 heavy (non-hydrogen) atoms. The van der Waals surface area contributed by atoms with E-state index in [1.54, 1.807) is 0 Å². The number of carbonyl (C=O) groups excluding carboxylic acids is 1. The molecule has 0 fully saturated rings. The maximum Gasteiger partial charge on any atom is 0.267 e. The topological polar surface area (TPSA) is 48.1 Å². The van der Waals surface area contributed by atoms with Gasteiger partial charge in [-0.25, -0.2) is 0 Å². The van der Waals surface area contributed by atoms with E-state index in [0.29, 0.717) is 12.2 Å². The Kier molecular flexibility index (Phi) is 5.39. The first kappa shape index (κ1) is 16.3. The number of rotatable bonds is 6. The second-order valence-electron chi connectivity index (χ2n) is 5.85. The fraction of sp³-hybridized carbons (Fsp3) is 0.389. The second kappa shape index (κ2) is 7.27. The summed E-state index contributed by atoms with van der Waals surface area (Å²) in [5.41, 5.74) is 4.14. The van der Waals surface area contributed by atoms with Crippen molar-refractivity contribution in [2.75, 3.05) is 20.6 Å². The second-order valence-corrected chi connectivity index (χ2v) is 5.85. The van der Waals surface area contributed by atoms with Crippen molar-refractivity contribution in [2.45, 2.75) is 26.3 Å². The number of carbonyl (C=O) groups is 1. The normalized spacial score (nSPS) is 12.4. The molecule has 0 bridgehead atoms. The minimum atomic E-state index is -0.0568. The van der Waals surface area contributed by atoms with Crippen LogP contribution in [0.15, 0.2) is 36.4 Å². The molecule has 0 aliphatic rings. The Morgan fingerprint density at radius 1 is 1.18 bits per heavy atom. The van der Waals surface area contributed by atoms with Gasteiger partial charge in [-0.3, -0.25) is 4.79 Å². The van der Waals surface area contributed by atoms with Gasteiger partial charge in [-0.15, -0.1) is 0 Å². The summed E-state index contributed by atoms with van der Waals surface area (Å²) in [6.45, 7) is 4.72. The Bertz CT molecular complexity index is 614. The van der Waals surface area contributed by atoms with E-state index < -0.39 is 0 Å². The molecule has 2 N–H and O–H groups in total. The molecule has 2 rings (SSSR count). The van der Waals surface area contributed by atoms with E-state index in [0.717, 1.165) is 12.1 Å². The van der Waals surface area contributed by atoms with Crippen molar-refractivity contribution in [1.82, 2.24) is 15.2 Å². The quantitative estimate of drug-likeness (QED) is 0.861. The highest BCUT2D eigenvalue weighted by atomic mass is 16.1. The third kappa shape index (κ3) is 3.98. The lowest BCUT2D eigenvalue weighted by molar-refractivity contribution is 0.0937. The fourth-order valence-corrected chi connectivity index (χ4v) is 2.45. The zero-order chi connectivity index (χ0) is 16.1. The van der Waals surface area contributed by atoms with Crippen LogP contribution in [0.3, 0.4) is 0 Å². The summed E-state index contributed by atoms with van der Waals surface area (Å²) in [6.07, 6.45) is 0.900. The molecule has 1 amide bonds. The predicted octanol–water partition coefficient (Wildman–Crippen LogP) is 2.92. The van der Waals surface area contributed by atoms with Crippen LogP contribution < -0.4 is 5.32 Å². The summed E-state index contributed by atoms with van der Waals surface area (Å²) in [4.78, 5) is 17.5. The van der Waals surface area contributed by atoms with Gasteiger partial charge in [-0.05, 0) is 45.1 Å². The number of nitrogens with zero attached hydrogens (tertiary/aromatic N) is 1. The number of hydrogen-bond acceptors (Lipinski definition) is 2. The van der Waals surface area contributed by atoms with Crippen LogP contribution in [0.1, 0.15) is 40.3 Å². The first-order valence-corrected chi connectivity index (χ1v) is 7.70. The van der Waals surface area contributed by atoms with Crippen LogP contribution in [0.2, 0.25) is 0 Å². The average molecular weight is 299 g/mol. The lowest BCUT2D eigenvalue weighted by Gasteiger charge is -2.25. The minimum Gasteiger partial charge on any atom is -0.354 e. The number of aromatic amines is 1. The van der Waals surface area contributed by atoms with E-state index in [-0.39, 0.29) is 11.9 Å². The molecular formula is C18H25N3O. The Labute approximate surface area is 132 Å². The van der Waals surface area contributed by atoms with Crippen LogP contribution in [0.4, 0.5) is 0 Å². The van der Waals surface area contributed by atoms with Crippen molar-refractivity contribution in [3.63, 3.8) is 0 Å². The highest BCUT2D eigenvalue weighted by Gasteiger charge is 2.16. The molecule has 2 aromatic rings. The van der Waals surface area contributed by atoms with Crippen LogP contribution in [-0.4, -0.2) is 36.4 Å². The minimum absolute atomic E-state index is 0.0568. The lowest BCUT2D eigenvalue weighted by Crippen LogP contribution is -2.34. The summed E-state index contributed by atoms with van der Waals surface area (Å²) < 4.78 is 0. The predicted molar refractivity (Wildman–Crippen MR) is 90.1 cm³/mol. The summed E-state index contributed by atoms with van der Waals surface area (Å²) in [7, 11) is 4.06. The molecule has 0 spiro atoms. The highest BCUT2D eigenvalue weighted by molar-refractivity contribution is 5.92. The van der Waals surface area contributed by atoms with Crippen molar-refractivity contribution in [1.29, 1.82) is 0 Å². The number of amides is 1. The average Bonchev–Trinajstić information content (AvgIpc) is 2.98. The zero-order valence-corrected chi connectivity index (χ0v) is 13.8. The molecule has 0 saturated carbocycles. The Morgan fingerprint density at radius 3 is 2.41 bits per heavy atom. The summed E-state index contributed by atoms with van der Waals surface area (Å²) >= 11 is 0. The van der Waals surface area contributed by atoms with Gasteiger partial charge in [0.15, 0.2) is 0 Å².